The molecule has 1 heterocycles. The lowest BCUT2D eigenvalue weighted by atomic mass is 9.97. The minimum Gasteiger partial charge on any atom is -0.381 e. The van der Waals surface area contributed by atoms with Gasteiger partial charge in [0.05, 0.1) is 11.5 Å². The molecule has 1 N–H and O–H groups in total. The van der Waals surface area contributed by atoms with Crippen LogP contribution in [-0.2, 0) is 13.8 Å². The van der Waals surface area contributed by atoms with Gasteiger partial charge in [-0.05, 0) is 6.42 Å². The maximum atomic E-state index is 10.1. The smallest absolute Gasteiger partial charge is 0.381 e. The second-order valence-corrected chi connectivity index (χ2v) is 3.80. The molecule has 4 atom stereocenters. The molecule has 0 aromatic carbocycles. The largest absolute Gasteiger partial charge is 0.694 e. The van der Waals surface area contributed by atoms with E-state index >= 15 is 0 Å². The van der Waals surface area contributed by atoms with E-state index in [9.17, 15) is 4.57 Å². The minimum absolute atomic E-state index is 0.0582. The Morgan fingerprint density at radius 1 is 1.83 bits per heavy atom. The molecule has 0 aromatic heterocycles. The van der Waals surface area contributed by atoms with E-state index in [-0.39, 0.29) is 18.1 Å². The van der Waals surface area contributed by atoms with Gasteiger partial charge in [-0.15, -0.1) is 21.0 Å². The zero-order valence-electron chi connectivity index (χ0n) is 6.22. The average molecular weight is 209 g/mol. The van der Waals surface area contributed by atoms with Crippen molar-refractivity contribution >= 4 is 27.7 Å². The molecule has 2 radical (unpaired) electrons. The van der Waals surface area contributed by atoms with Crippen LogP contribution in [0.3, 0.4) is 0 Å². The maximum Gasteiger partial charge on any atom is 0.694 e. The summed E-state index contributed by atoms with van der Waals surface area (Å²) < 4.78 is 19.7. The van der Waals surface area contributed by atoms with Gasteiger partial charge in [-0.1, -0.05) is 0 Å². The fraction of sp³-hybridized carbons (Fsp3) is 1.00. The zero-order valence-corrected chi connectivity index (χ0v) is 7.87. The first-order chi connectivity index (χ1) is 5.59. The predicted molar refractivity (Wildman–Crippen MR) is 44.5 cm³/mol. The first kappa shape index (κ1) is 10.4. The highest BCUT2D eigenvalue weighted by molar-refractivity contribution is 7.32. The van der Waals surface area contributed by atoms with Gasteiger partial charge >= 0.3 is 8.25 Å². The third-order valence-corrected chi connectivity index (χ3v) is 2.36. The Morgan fingerprint density at radius 3 is 2.92 bits per heavy atom. The number of halogens is 1. The molecule has 1 fully saturated rings. The third-order valence-electron chi connectivity index (χ3n) is 1.56. The average Bonchev–Trinajstić information content (AvgIpc) is 2.28. The van der Waals surface area contributed by atoms with Crippen LogP contribution in [0.25, 0.3) is 0 Å². The van der Waals surface area contributed by atoms with Gasteiger partial charge in [0.15, 0.2) is 0 Å². The lowest BCUT2D eigenvalue weighted by Crippen LogP contribution is -2.17. The highest BCUT2D eigenvalue weighted by Crippen LogP contribution is 2.25. The molecular formula is C5H8BClO4P+. The van der Waals surface area contributed by atoms with E-state index in [1.54, 1.807) is 0 Å². The predicted octanol–water partition coefficient (Wildman–Crippen LogP) is 0.544. The van der Waals surface area contributed by atoms with Crippen molar-refractivity contribution in [3.63, 3.8) is 0 Å². The van der Waals surface area contributed by atoms with Gasteiger partial charge in [0, 0.05) is 10.6 Å². The number of hydrogen-bond acceptors (Lipinski definition) is 3. The van der Waals surface area contributed by atoms with E-state index in [0.29, 0.717) is 6.42 Å². The third kappa shape index (κ3) is 3.00. The molecule has 1 aliphatic rings. The Kier molecular flexibility index (Phi) is 3.94. The molecule has 0 spiro atoms. The van der Waals surface area contributed by atoms with Crippen molar-refractivity contribution in [3.05, 3.63) is 0 Å². The SMILES string of the molecule is [B][C@@H]1O[C@H](CO[P+](=O)O)C[C@@H]1Cl. The van der Waals surface area contributed by atoms with Gasteiger partial charge in [0.2, 0.25) is 0 Å². The Labute approximate surface area is 77.5 Å². The van der Waals surface area contributed by atoms with Crippen molar-refractivity contribution in [2.45, 2.75) is 23.9 Å². The van der Waals surface area contributed by atoms with Gasteiger partial charge < -0.3 is 4.74 Å². The fourth-order valence-electron chi connectivity index (χ4n) is 1.00. The second-order valence-electron chi connectivity index (χ2n) is 2.51. The molecule has 0 saturated carbocycles. The first-order valence-electron chi connectivity index (χ1n) is 3.43. The summed E-state index contributed by atoms with van der Waals surface area (Å²) in [7, 11) is 2.87. The minimum atomic E-state index is -2.56. The lowest BCUT2D eigenvalue weighted by Gasteiger charge is -2.06. The summed E-state index contributed by atoms with van der Waals surface area (Å²) in [4.78, 5) is 8.31. The van der Waals surface area contributed by atoms with E-state index in [1.165, 1.54) is 0 Å². The molecule has 1 unspecified atom stereocenters. The Hall–Kier alpha value is 0.335. The maximum absolute atomic E-state index is 10.1. The van der Waals surface area contributed by atoms with E-state index in [0.717, 1.165) is 0 Å². The molecular weight excluding hydrogens is 201 g/mol. The molecule has 0 bridgehead atoms. The Bertz CT molecular complexity index is 171. The number of ether oxygens (including phenoxy) is 1. The van der Waals surface area contributed by atoms with Crippen LogP contribution in [0.4, 0.5) is 0 Å². The normalized spacial score (nSPS) is 36.8. The first-order valence-corrected chi connectivity index (χ1v) is 5.00. The van der Waals surface area contributed by atoms with Crippen molar-refractivity contribution in [1.29, 1.82) is 0 Å². The number of hydrogen-bond donors (Lipinski definition) is 1. The summed E-state index contributed by atoms with van der Waals surface area (Å²) in [5.74, 6) is 0. The topological polar surface area (TPSA) is 55.8 Å². The lowest BCUT2D eigenvalue weighted by molar-refractivity contribution is 0.0503. The van der Waals surface area contributed by atoms with E-state index in [4.69, 9.17) is 29.1 Å². The van der Waals surface area contributed by atoms with Crippen LogP contribution in [-0.4, -0.2) is 36.8 Å². The second kappa shape index (κ2) is 4.54. The van der Waals surface area contributed by atoms with Gasteiger partial charge in [-0.3, -0.25) is 0 Å². The van der Waals surface area contributed by atoms with Crippen molar-refractivity contribution in [2.75, 3.05) is 6.61 Å². The van der Waals surface area contributed by atoms with Crippen molar-refractivity contribution in [2.24, 2.45) is 0 Å². The van der Waals surface area contributed by atoms with Gasteiger partial charge in [0.1, 0.15) is 14.5 Å². The zero-order chi connectivity index (χ0) is 9.14. The van der Waals surface area contributed by atoms with Crippen molar-refractivity contribution in [3.8, 4) is 0 Å². The molecule has 0 aromatic rings. The van der Waals surface area contributed by atoms with E-state index in [1.807, 2.05) is 0 Å². The molecule has 1 saturated heterocycles. The number of rotatable bonds is 3. The molecule has 4 nitrogen and oxygen atoms in total. The fourth-order valence-corrected chi connectivity index (χ4v) is 1.55. The van der Waals surface area contributed by atoms with Crippen LogP contribution in [0.1, 0.15) is 6.42 Å². The van der Waals surface area contributed by atoms with E-state index < -0.39 is 14.3 Å². The Balaban J connectivity index is 2.23. The van der Waals surface area contributed by atoms with Crippen LogP contribution < -0.4 is 0 Å². The monoisotopic (exact) mass is 209 g/mol. The summed E-state index contributed by atoms with van der Waals surface area (Å²) in [5.41, 5.74) is 0. The standard InChI is InChI=1S/C5H7BClO4P/c6-5-4(7)1-3(11-5)2-10-12(8)9/h3-5H,1-2H2/p+1/t3-,4-,5+/m0/s1. The van der Waals surface area contributed by atoms with Crippen LogP contribution >= 0.6 is 19.9 Å². The summed E-state index contributed by atoms with van der Waals surface area (Å²) >= 11 is 5.73. The van der Waals surface area contributed by atoms with Crippen LogP contribution in [0, 0.1) is 0 Å². The summed E-state index contributed by atoms with van der Waals surface area (Å²) in [6.07, 6.45) is 0.278. The van der Waals surface area contributed by atoms with Crippen molar-refractivity contribution in [1.82, 2.24) is 0 Å². The van der Waals surface area contributed by atoms with Gasteiger partial charge in [-0.25, -0.2) is 0 Å². The summed E-state index contributed by atoms with van der Waals surface area (Å²) in [6.45, 7) is 0.0582. The molecule has 0 aliphatic carbocycles. The molecule has 7 heteroatoms. The molecule has 0 amide bonds. The van der Waals surface area contributed by atoms with Crippen LogP contribution in [0.15, 0.2) is 0 Å². The highest BCUT2D eigenvalue weighted by Gasteiger charge is 2.32. The van der Waals surface area contributed by atoms with Gasteiger partial charge in [0.25, 0.3) is 0 Å². The quantitative estimate of drug-likeness (QED) is 0.419. The number of alkyl halides is 1. The van der Waals surface area contributed by atoms with E-state index in [2.05, 4.69) is 4.52 Å². The molecule has 12 heavy (non-hydrogen) atoms. The molecule has 1 rings (SSSR count). The molecule has 1 aliphatic heterocycles. The summed E-state index contributed by atoms with van der Waals surface area (Å²) in [5, 5.41) is -0.241. The van der Waals surface area contributed by atoms with Crippen LogP contribution in [0.2, 0.25) is 0 Å². The van der Waals surface area contributed by atoms with Gasteiger partial charge in [-0.2, -0.15) is 0 Å². The van der Waals surface area contributed by atoms with Crippen molar-refractivity contribution < 1.29 is 18.7 Å². The molecule has 66 valence electrons. The highest BCUT2D eigenvalue weighted by atomic mass is 35.5. The van der Waals surface area contributed by atoms with Crippen LogP contribution in [0.5, 0.6) is 0 Å². The summed E-state index contributed by atoms with van der Waals surface area (Å²) in [6, 6.07) is -0.503. The Morgan fingerprint density at radius 2 is 2.50 bits per heavy atom.